The Labute approximate surface area is 163 Å². The van der Waals surface area contributed by atoms with Crippen molar-refractivity contribution < 1.29 is 27.0 Å². The van der Waals surface area contributed by atoms with Crippen LogP contribution in [0.15, 0.2) is 91.0 Å². The van der Waals surface area contributed by atoms with Crippen molar-refractivity contribution in [3.8, 4) is 17.6 Å². The van der Waals surface area contributed by atoms with Gasteiger partial charge in [-0.3, -0.25) is 4.79 Å². The molecule has 0 heterocycles. The molecule has 0 amide bonds. The first-order valence-electron chi connectivity index (χ1n) is 7.91. The summed E-state index contributed by atoms with van der Waals surface area (Å²) >= 11 is 0. The van der Waals surface area contributed by atoms with E-state index in [9.17, 15) is 9.90 Å². The maximum atomic E-state index is 12.1. The Bertz CT molecular complexity index is 1000. The predicted octanol–water partition coefficient (Wildman–Crippen LogP) is 4.90. The van der Waals surface area contributed by atoms with Crippen molar-refractivity contribution in [1.29, 1.82) is 0 Å². The van der Waals surface area contributed by atoms with Crippen LogP contribution in [0.2, 0.25) is 0 Å². The number of phenols is 1. The van der Waals surface area contributed by atoms with Gasteiger partial charge in [-0.2, -0.15) is 42.3 Å². The number of carbonyl (C=O) groups is 1. The zero-order valence-electron chi connectivity index (χ0n) is 13.9. The van der Waals surface area contributed by atoms with Crippen molar-refractivity contribution in [3.63, 3.8) is 0 Å². The van der Waals surface area contributed by atoms with E-state index in [0.717, 1.165) is 10.9 Å². The van der Waals surface area contributed by atoms with Gasteiger partial charge in [-0.25, -0.2) is 12.1 Å². The predicted molar refractivity (Wildman–Crippen MR) is 101 cm³/mol. The molecule has 0 aromatic heterocycles. The van der Waals surface area contributed by atoms with Crippen LogP contribution in [0.5, 0.6) is 5.75 Å². The molecule has 0 aliphatic rings. The number of rotatable bonds is 1. The molecule has 0 bridgehead atoms. The average molecular weight is 380 g/mol. The molecule has 0 radical (unpaired) electrons. The summed E-state index contributed by atoms with van der Waals surface area (Å²) in [4.78, 5) is 12.1. The topological polar surface area (TPSA) is 37.3 Å². The first-order chi connectivity index (χ1) is 12.3. The Morgan fingerprint density at radius 2 is 1.65 bits per heavy atom. The van der Waals surface area contributed by atoms with E-state index in [1.807, 2.05) is 78.9 Å². The fourth-order valence-corrected chi connectivity index (χ4v) is 2.41. The molecule has 0 spiro atoms. The quantitative estimate of drug-likeness (QED) is 0.221. The standard InChI is InChI=1S/C18H11O2.C5H5.Fe/c19-17(12-9-13-5-1-2-6-13)16-11-10-14-7-3-4-8-15(14)18(16)20;1-2-4-5-3-1;/h1-8,10-11,20H;1-5H;/q2*-1;+2. The second-order valence-corrected chi connectivity index (χ2v) is 5.40. The summed E-state index contributed by atoms with van der Waals surface area (Å²) in [5, 5.41) is 11.7. The van der Waals surface area contributed by atoms with Crippen LogP contribution >= 0.6 is 0 Å². The Morgan fingerprint density at radius 1 is 0.885 bits per heavy atom. The van der Waals surface area contributed by atoms with Gasteiger partial charge >= 0.3 is 17.1 Å². The number of benzene rings is 2. The van der Waals surface area contributed by atoms with Crippen molar-refractivity contribution in [3.05, 3.63) is 102 Å². The van der Waals surface area contributed by atoms with Crippen LogP contribution in [0.4, 0.5) is 0 Å². The van der Waals surface area contributed by atoms with E-state index >= 15 is 0 Å². The van der Waals surface area contributed by atoms with Crippen molar-refractivity contribution in [2.45, 2.75) is 0 Å². The number of Topliss-reactive ketones (excluding diaryl/α,β-unsaturated/α-hetero) is 1. The third-order valence-electron chi connectivity index (χ3n) is 3.68. The first kappa shape index (κ1) is 19.3. The normalized spacial score (nSPS) is 9.23. The Hall–Kier alpha value is -3.05. The van der Waals surface area contributed by atoms with Crippen molar-refractivity contribution in [1.82, 2.24) is 0 Å². The van der Waals surface area contributed by atoms with E-state index in [2.05, 4.69) is 11.8 Å². The number of phenolic OH excluding ortho intramolecular Hbond substituents is 1. The molecule has 3 heteroatoms. The molecule has 0 saturated heterocycles. The van der Waals surface area contributed by atoms with Gasteiger partial charge in [0, 0.05) is 5.39 Å². The molecule has 0 aliphatic carbocycles. The molecular formula is C23H16FeO2. The molecule has 2 nitrogen and oxygen atoms in total. The van der Waals surface area contributed by atoms with Gasteiger partial charge in [0.1, 0.15) is 5.75 Å². The van der Waals surface area contributed by atoms with E-state index in [4.69, 9.17) is 0 Å². The maximum Gasteiger partial charge on any atom is 2.00 e. The van der Waals surface area contributed by atoms with Gasteiger partial charge in [0.25, 0.3) is 0 Å². The third-order valence-corrected chi connectivity index (χ3v) is 3.68. The van der Waals surface area contributed by atoms with E-state index < -0.39 is 0 Å². The van der Waals surface area contributed by atoms with Crippen LogP contribution in [-0.2, 0) is 17.1 Å². The van der Waals surface area contributed by atoms with E-state index in [1.165, 1.54) is 0 Å². The first-order valence-corrected chi connectivity index (χ1v) is 7.91. The second-order valence-electron chi connectivity index (χ2n) is 5.40. The minimum absolute atomic E-state index is 0. The summed E-state index contributed by atoms with van der Waals surface area (Å²) in [5.74, 6) is 4.96. The summed E-state index contributed by atoms with van der Waals surface area (Å²) in [7, 11) is 0. The van der Waals surface area contributed by atoms with E-state index in [-0.39, 0.29) is 34.2 Å². The molecule has 0 fully saturated rings. The van der Waals surface area contributed by atoms with Crippen LogP contribution in [0.1, 0.15) is 15.9 Å². The maximum absolute atomic E-state index is 12.1. The van der Waals surface area contributed by atoms with Crippen molar-refractivity contribution in [2.75, 3.05) is 0 Å². The van der Waals surface area contributed by atoms with Crippen LogP contribution in [0.3, 0.4) is 0 Å². The van der Waals surface area contributed by atoms with E-state index in [1.54, 1.807) is 12.1 Å². The Balaban J connectivity index is 0.000000351. The molecule has 1 N–H and O–H groups in total. The minimum Gasteiger partial charge on any atom is -0.507 e. The van der Waals surface area contributed by atoms with Gasteiger partial charge in [-0.1, -0.05) is 36.3 Å². The van der Waals surface area contributed by atoms with Crippen LogP contribution in [-0.4, -0.2) is 10.9 Å². The number of hydrogen-bond acceptors (Lipinski definition) is 2. The summed E-state index contributed by atoms with van der Waals surface area (Å²) in [6, 6.07) is 28.2. The summed E-state index contributed by atoms with van der Waals surface area (Å²) in [6.45, 7) is 0. The van der Waals surface area contributed by atoms with Crippen molar-refractivity contribution in [2.24, 2.45) is 0 Å². The number of fused-ring (bicyclic) bond motifs is 1. The third kappa shape index (κ3) is 4.74. The molecule has 0 atom stereocenters. The van der Waals surface area contributed by atoms with Gasteiger partial charge < -0.3 is 5.11 Å². The van der Waals surface area contributed by atoms with E-state index in [0.29, 0.717) is 5.39 Å². The molecule has 4 rings (SSSR count). The summed E-state index contributed by atoms with van der Waals surface area (Å²) in [5.41, 5.74) is 1.03. The van der Waals surface area contributed by atoms with Gasteiger partial charge in [-0.15, -0.1) is 11.6 Å². The minimum atomic E-state index is -0.380. The second kappa shape index (κ2) is 9.44. The number of carbonyl (C=O) groups excluding carboxylic acids is 1. The summed E-state index contributed by atoms with van der Waals surface area (Å²) < 4.78 is 0. The monoisotopic (exact) mass is 380 g/mol. The van der Waals surface area contributed by atoms with Gasteiger partial charge in [0.05, 0.1) is 5.56 Å². The van der Waals surface area contributed by atoms with Crippen LogP contribution in [0.25, 0.3) is 10.8 Å². The van der Waals surface area contributed by atoms with Gasteiger partial charge in [0.2, 0.25) is 5.78 Å². The molecule has 26 heavy (non-hydrogen) atoms. The number of hydrogen-bond donors (Lipinski definition) is 1. The molecule has 4 aromatic rings. The number of ketones is 1. The van der Waals surface area contributed by atoms with Gasteiger partial charge in [0.15, 0.2) is 0 Å². The molecule has 0 saturated carbocycles. The zero-order chi connectivity index (χ0) is 17.5. The number of aromatic hydroxyl groups is 1. The molecule has 4 aromatic carbocycles. The van der Waals surface area contributed by atoms with Crippen LogP contribution in [0, 0.1) is 11.8 Å². The fourth-order valence-electron chi connectivity index (χ4n) is 2.41. The molecule has 128 valence electrons. The van der Waals surface area contributed by atoms with Crippen LogP contribution < -0.4 is 0 Å². The smallest absolute Gasteiger partial charge is 0.507 e. The average Bonchev–Trinajstić information content (AvgIpc) is 3.36. The Morgan fingerprint density at radius 3 is 2.31 bits per heavy atom. The molecule has 0 unspecified atom stereocenters. The molecule has 0 aliphatic heterocycles. The molecular weight excluding hydrogens is 364 g/mol. The largest absolute Gasteiger partial charge is 2.00 e. The summed E-state index contributed by atoms with van der Waals surface area (Å²) in [6.07, 6.45) is 0. The Kier molecular flexibility index (Phi) is 7.00. The SMILES string of the molecule is O=C(C#Cc1ccc[cH-]1)c1ccc2ccccc2c1O.[Fe+2].c1cc[cH-]c1. The van der Waals surface area contributed by atoms with Crippen molar-refractivity contribution >= 4 is 16.6 Å². The van der Waals surface area contributed by atoms with Gasteiger partial charge in [-0.05, 0) is 11.5 Å². The fraction of sp³-hybridized carbons (Fsp3) is 0. The zero-order valence-corrected chi connectivity index (χ0v) is 15.0.